The van der Waals surface area contributed by atoms with Gasteiger partial charge in [0.25, 0.3) is 0 Å². The van der Waals surface area contributed by atoms with Gasteiger partial charge in [-0.3, -0.25) is 4.79 Å². The fourth-order valence-corrected chi connectivity index (χ4v) is 2.62. The number of benzene rings is 1. The molecular formula is C9H7FINOS. The predicted molar refractivity (Wildman–Crippen MR) is 63.1 cm³/mol. The van der Waals surface area contributed by atoms with Gasteiger partial charge in [0.2, 0.25) is 5.91 Å². The van der Waals surface area contributed by atoms with Gasteiger partial charge in [-0.1, -0.05) is 0 Å². The lowest BCUT2D eigenvalue weighted by molar-refractivity contribution is -0.115. The van der Waals surface area contributed by atoms with E-state index in [1.54, 1.807) is 13.0 Å². The molecule has 2 rings (SSSR count). The first-order chi connectivity index (χ1) is 6.58. The number of thioether (sulfide) groups is 1. The van der Waals surface area contributed by atoms with E-state index in [0.29, 0.717) is 9.26 Å². The van der Waals surface area contributed by atoms with E-state index in [-0.39, 0.29) is 17.0 Å². The Kier molecular flexibility index (Phi) is 2.70. The summed E-state index contributed by atoms with van der Waals surface area (Å²) in [7, 11) is 0. The Hall–Kier alpha value is -0.300. The van der Waals surface area contributed by atoms with E-state index < -0.39 is 0 Å². The van der Waals surface area contributed by atoms with E-state index in [2.05, 4.69) is 5.32 Å². The van der Waals surface area contributed by atoms with Crippen LogP contribution >= 0.6 is 34.4 Å². The van der Waals surface area contributed by atoms with Gasteiger partial charge in [-0.15, -0.1) is 11.8 Å². The van der Waals surface area contributed by atoms with Crippen molar-refractivity contribution in [1.82, 2.24) is 0 Å². The van der Waals surface area contributed by atoms with Crippen LogP contribution in [-0.4, -0.2) is 11.2 Å². The molecule has 1 aliphatic rings. The van der Waals surface area contributed by atoms with Crippen molar-refractivity contribution >= 4 is 45.9 Å². The number of amides is 1. The molecule has 0 aliphatic carbocycles. The molecule has 1 aliphatic heterocycles. The van der Waals surface area contributed by atoms with E-state index in [1.807, 2.05) is 22.6 Å². The maximum absolute atomic E-state index is 13.2. The second kappa shape index (κ2) is 3.69. The highest BCUT2D eigenvalue weighted by atomic mass is 127. The minimum atomic E-state index is -0.236. The molecule has 0 radical (unpaired) electrons. The van der Waals surface area contributed by atoms with Crippen molar-refractivity contribution in [3.8, 4) is 0 Å². The van der Waals surface area contributed by atoms with Gasteiger partial charge in [-0.2, -0.15) is 0 Å². The molecule has 1 aromatic carbocycles. The molecule has 1 unspecified atom stereocenters. The molecule has 1 heterocycles. The van der Waals surface area contributed by atoms with Gasteiger partial charge >= 0.3 is 0 Å². The third-order valence-corrected chi connectivity index (χ3v) is 3.94. The van der Waals surface area contributed by atoms with Gasteiger partial charge in [-0.05, 0) is 41.6 Å². The topological polar surface area (TPSA) is 29.1 Å². The molecule has 1 amide bonds. The zero-order valence-corrected chi connectivity index (χ0v) is 10.3. The monoisotopic (exact) mass is 323 g/mol. The molecule has 0 bridgehead atoms. The summed E-state index contributed by atoms with van der Waals surface area (Å²) in [5.41, 5.74) is 0.712. The van der Waals surface area contributed by atoms with Crippen LogP contribution in [0.5, 0.6) is 0 Å². The highest BCUT2D eigenvalue weighted by Crippen LogP contribution is 2.37. The van der Waals surface area contributed by atoms with Crippen LogP contribution in [0.4, 0.5) is 10.1 Å². The SMILES string of the molecule is CC1Sc2cc(F)c(I)cc2NC1=O. The maximum atomic E-state index is 13.2. The Morgan fingerprint density at radius 2 is 2.29 bits per heavy atom. The van der Waals surface area contributed by atoms with Gasteiger partial charge < -0.3 is 5.32 Å². The van der Waals surface area contributed by atoms with Gasteiger partial charge in [0.1, 0.15) is 5.82 Å². The Labute approximate surface area is 98.8 Å². The minimum absolute atomic E-state index is 0.0232. The number of carbonyl (C=O) groups is 1. The van der Waals surface area contributed by atoms with Crippen molar-refractivity contribution in [3.63, 3.8) is 0 Å². The highest BCUT2D eigenvalue weighted by molar-refractivity contribution is 14.1. The first-order valence-electron chi connectivity index (χ1n) is 4.04. The molecule has 14 heavy (non-hydrogen) atoms. The second-order valence-corrected chi connectivity index (χ2v) is 5.56. The quantitative estimate of drug-likeness (QED) is 0.744. The molecular weight excluding hydrogens is 316 g/mol. The number of fused-ring (bicyclic) bond motifs is 1. The third-order valence-electron chi connectivity index (χ3n) is 1.95. The molecule has 0 saturated carbocycles. The van der Waals surface area contributed by atoms with Crippen LogP contribution in [0.15, 0.2) is 17.0 Å². The first-order valence-corrected chi connectivity index (χ1v) is 6.00. The number of carbonyl (C=O) groups excluding carboxylic acids is 1. The van der Waals surface area contributed by atoms with Gasteiger partial charge in [0.15, 0.2) is 0 Å². The Morgan fingerprint density at radius 3 is 3.00 bits per heavy atom. The lowest BCUT2D eigenvalue weighted by atomic mass is 10.3. The van der Waals surface area contributed by atoms with E-state index >= 15 is 0 Å². The van der Waals surface area contributed by atoms with Crippen molar-refractivity contribution in [2.45, 2.75) is 17.1 Å². The summed E-state index contributed by atoms with van der Waals surface area (Å²) in [5.74, 6) is -0.259. The zero-order chi connectivity index (χ0) is 10.3. The van der Waals surface area contributed by atoms with Crippen LogP contribution in [0.2, 0.25) is 0 Å². The summed E-state index contributed by atoms with van der Waals surface area (Å²) in [6.07, 6.45) is 0. The number of anilines is 1. The van der Waals surface area contributed by atoms with Crippen molar-refractivity contribution in [2.24, 2.45) is 0 Å². The Balaban J connectivity index is 2.47. The van der Waals surface area contributed by atoms with E-state index in [9.17, 15) is 9.18 Å². The van der Waals surface area contributed by atoms with Gasteiger partial charge in [-0.25, -0.2) is 4.39 Å². The summed E-state index contributed by atoms with van der Waals surface area (Å²) in [6.45, 7) is 1.80. The van der Waals surface area contributed by atoms with E-state index in [4.69, 9.17) is 0 Å². The maximum Gasteiger partial charge on any atom is 0.237 e. The second-order valence-electron chi connectivity index (χ2n) is 3.01. The molecule has 0 spiro atoms. The van der Waals surface area contributed by atoms with Crippen molar-refractivity contribution in [1.29, 1.82) is 0 Å². The normalized spacial score (nSPS) is 20.2. The number of hydrogen-bond donors (Lipinski definition) is 1. The van der Waals surface area contributed by atoms with Crippen LogP contribution in [-0.2, 0) is 4.79 Å². The molecule has 1 N–H and O–H groups in total. The molecule has 5 heteroatoms. The summed E-state index contributed by atoms with van der Waals surface area (Å²) in [4.78, 5) is 12.1. The molecule has 1 atom stereocenters. The number of hydrogen-bond acceptors (Lipinski definition) is 2. The minimum Gasteiger partial charge on any atom is -0.324 e. The number of halogens is 2. The van der Waals surface area contributed by atoms with Crippen molar-refractivity contribution < 1.29 is 9.18 Å². The largest absolute Gasteiger partial charge is 0.324 e. The van der Waals surface area contributed by atoms with Crippen molar-refractivity contribution in [2.75, 3.05) is 5.32 Å². The van der Waals surface area contributed by atoms with Gasteiger partial charge in [0, 0.05) is 4.90 Å². The third kappa shape index (κ3) is 1.75. The molecule has 0 aromatic heterocycles. The van der Waals surface area contributed by atoms with Crippen LogP contribution in [0.1, 0.15) is 6.92 Å². The summed E-state index contributed by atoms with van der Waals surface area (Å²) in [6, 6.07) is 3.12. The van der Waals surface area contributed by atoms with Crippen LogP contribution < -0.4 is 5.32 Å². The Bertz CT molecular complexity index is 410. The lowest BCUT2D eigenvalue weighted by Crippen LogP contribution is -2.26. The van der Waals surface area contributed by atoms with Crippen LogP contribution in [0.3, 0.4) is 0 Å². The lowest BCUT2D eigenvalue weighted by Gasteiger charge is -2.21. The van der Waals surface area contributed by atoms with Gasteiger partial charge in [0.05, 0.1) is 14.5 Å². The van der Waals surface area contributed by atoms with Crippen LogP contribution in [0.25, 0.3) is 0 Å². The van der Waals surface area contributed by atoms with Crippen LogP contribution in [0, 0.1) is 9.39 Å². The molecule has 0 fully saturated rings. The van der Waals surface area contributed by atoms with E-state index in [1.165, 1.54) is 17.8 Å². The first kappa shape index (κ1) is 10.2. The average Bonchev–Trinajstić information content (AvgIpc) is 2.11. The van der Waals surface area contributed by atoms with Crippen molar-refractivity contribution in [3.05, 3.63) is 21.5 Å². The number of nitrogens with one attached hydrogen (secondary N) is 1. The molecule has 0 saturated heterocycles. The summed E-state index contributed by atoms with van der Waals surface area (Å²) >= 11 is 3.29. The molecule has 1 aromatic rings. The fraction of sp³-hybridized carbons (Fsp3) is 0.222. The number of rotatable bonds is 0. The Morgan fingerprint density at radius 1 is 1.57 bits per heavy atom. The summed E-state index contributed by atoms with van der Waals surface area (Å²) < 4.78 is 13.7. The smallest absolute Gasteiger partial charge is 0.237 e. The average molecular weight is 323 g/mol. The standard InChI is InChI=1S/C9H7FINOS/c1-4-9(13)12-7-3-6(11)5(10)2-8(7)14-4/h2-4H,1H3,(H,12,13). The fourth-order valence-electron chi connectivity index (χ4n) is 1.20. The summed E-state index contributed by atoms with van der Waals surface area (Å²) in [5, 5.41) is 2.60. The van der Waals surface area contributed by atoms with E-state index in [0.717, 1.165) is 4.90 Å². The zero-order valence-electron chi connectivity index (χ0n) is 7.30. The molecule has 2 nitrogen and oxygen atoms in total. The predicted octanol–water partition coefficient (Wildman–Crippen LogP) is 2.86. The highest BCUT2D eigenvalue weighted by Gasteiger charge is 2.23. The molecule has 74 valence electrons.